The number of carbonyl (C=O) groups is 3. The number of cyclic esters (lactones) is 2. The van der Waals surface area contributed by atoms with Gasteiger partial charge in [0.05, 0.1) is 11.1 Å². The number of nitrogens with two attached hydrogens (primary N) is 1. The van der Waals surface area contributed by atoms with Crippen LogP contribution in [0.3, 0.4) is 0 Å². The molecule has 0 aliphatic carbocycles. The molecule has 1 amide bonds. The molecule has 0 unspecified atom stereocenters. The first-order valence-corrected chi connectivity index (χ1v) is 6.51. The Morgan fingerprint density at radius 2 is 1.80 bits per heavy atom. The van der Waals surface area contributed by atoms with Crippen molar-refractivity contribution in [2.75, 3.05) is 13.1 Å². The average molecular weight is 274 g/mol. The van der Waals surface area contributed by atoms with Gasteiger partial charge in [-0.25, -0.2) is 9.59 Å². The van der Waals surface area contributed by atoms with E-state index in [1.165, 1.54) is 12.1 Å². The number of amides is 1. The van der Waals surface area contributed by atoms with E-state index in [2.05, 4.69) is 4.74 Å². The summed E-state index contributed by atoms with van der Waals surface area (Å²) in [5, 5.41) is 0. The van der Waals surface area contributed by atoms with Crippen molar-refractivity contribution in [2.45, 2.75) is 18.9 Å². The molecule has 6 nitrogen and oxygen atoms in total. The van der Waals surface area contributed by atoms with E-state index < -0.39 is 11.9 Å². The standard InChI is InChI=1S/C14H14N2O4/c15-9-3-5-16(6-4-9)12(17)8-1-2-10-11(7-8)14(19)20-13(10)18/h1-2,7,9H,3-6,15H2. The smallest absolute Gasteiger partial charge is 0.346 e. The third-order valence-corrected chi connectivity index (χ3v) is 3.72. The van der Waals surface area contributed by atoms with Gasteiger partial charge in [-0.2, -0.15) is 0 Å². The number of hydrogen-bond acceptors (Lipinski definition) is 5. The molecule has 2 aliphatic heterocycles. The number of fused-ring (bicyclic) bond motifs is 1. The highest BCUT2D eigenvalue weighted by molar-refractivity contribution is 6.15. The van der Waals surface area contributed by atoms with Gasteiger partial charge in [0, 0.05) is 24.7 Å². The molecule has 6 heteroatoms. The Kier molecular flexibility index (Phi) is 3.02. The topological polar surface area (TPSA) is 89.7 Å². The van der Waals surface area contributed by atoms with Gasteiger partial charge in [0.25, 0.3) is 5.91 Å². The summed E-state index contributed by atoms with van der Waals surface area (Å²) in [6.07, 6.45) is 1.55. The van der Waals surface area contributed by atoms with Gasteiger partial charge in [-0.15, -0.1) is 0 Å². The third kappa shape index (κ3) is 2.08. The summed E-state index contributed by atoms with van der Waals surface area (Å²) in [6.45, 7) is 1.22. The van der Waals surface area contributed by atoms with Crippen LogP contribution < -0.4 is 5.73 Å². The molecule has 1 aromatic rings. The molecule has 1 fully saturated rings. The molecule has 0 bridgehead atoms. The van der Waals surface area contributed by atoms with Crippen LogP contribution in [0.5, 0.6) is 0 Å². The van der Waals surface area contributed by atoms with Crippen molar-refractivity contribution in [2.24, 2.45) is 5.73 Å². The van der Waals surface area contributed by atoms with E-state index in [-0.39, 0.29) is 23.1 Å². The summed E-state index contributed by atoms with van der Waals surface area (Å²) >= 11 is 0. The number of carbonyl (C=O) groups excluding carboxylic acids is 3. The van der Waals surface area contributed by atoms with Crippen LogP contribution in [-0.2, 0) is 4.74 Å². The monoisotopic (exact) mass is 274 g/mol. The van der Waals surface area contributed by atoms with Gasteiger partial charge in [-0.1, -0.05) is 0 Å². The van der Waals surface area contributed by atoms with Crippen LogP contribution in [0, 0.1) is 0 Å². The van der Waals surface area contributed by atoms with Crippen LogP contribution in [0.2, 0.25) is 0 Å². The number of rotatable bonds is 1. The second-order valence-corrected chi connectivity index (χ2v) is 5.07. The minimum atomic E-state index is -0.694. The van der Waals surface area contributed by atoms with Gasteiger partial charge in [-0.05, 0) is 31.0 Å². The van der Waals surface area contributed by atoms with E-state index in [0.717, 1.165) is 12.8 Å². The number of nitrogens with zero attached hydrogens (tertiary/aromatic N) is 1. The highest BCUT2D eigenvalue weighted by atomic mass is 16.6. The second kappa shape index (κ2) is 4.72. The third-order valence-electron chi connectivity index (χ3n) is 3.72. The zero-order valence-corrected chi connectivity index (χ0v) is 10.8. The lowest BCUT2D eigenvalue weighted by Crippen LogP contribution is -2.42. The molecule has 1 saturated heterocycles. The zero-order valence-electron chi connectivity index (χ0n) is 10.8. The van der Waals surface area contributed by atoms with Crippen molar-refractivity contribution in [1.29, 1.82) is 0 Å². The van der Waals surface area contributed by atoms with Crippen molar-refractivity contribution >= 4 is 17.8 Å². The van der Waals surface area contributed by atoms with Crippen molar-refractivity contribution in [3.8, 4) is 0 Å². The molecule has 2 aliphatic rings. The lowest BCUT2D eigenvalue weighted by atomic mass is 10.0. The molecule has 1 aromatic carbocycles. The fraction of sp³-hybridized carbons (Fsp3) is 0.357. The molecule has 2 heterocycles. The van der Waals surface area contributed by atoms with E-state index in [9.17, 15) is 14.4 Å². The SMILES string of the molecule is NC1CCN(C(=O)c2ccc3c(c2)C(=O)OC3=O)CC1. The minimum absolute atomic E-state index is 0.145. The van der Waals surface area contributed by atoms with Gasteiger partial charge >= 0.3 is 11.9 Å². The van der Waals surface area contributed by atoms with Crippen molar-refractivity contribution in [3.05, 3.63) is 34.9 Å². The first-order valence-electron chi connectivity index (χ1n) is 6.51. The summed E-state index contributed by atoms with van der Waals surface area (Å²) < 4.78 is 4.51. The maximum atomic E-state index is 12.3. The lowest BCUT2D eigenvalue weighted by Gasteiger charge is -2.30. The molecule has 0 aromatic heterocycles. The second-order valence-electron chi connectivity index (χ2n) is 5.07. The van der Waals surface area contributed by atoms with Crippen molar-refractivity contribution in [3.63, 3.8) is 0 Å². The molecule has 3 rings (SSSR count). The van der Waals surface area contributed by atoms with E-state index in [1.54, 1.807) is 11.0 Å². The number of likely N-dealkylation sites (tertiary alicyclic amines) is 1. The van der Waals surface area contributed by atoms with Crippen LogP contribution in [0.25, 0.3) is 0 Å². The van der Waals surface area contributed by atoms with Crippen LogP contribution in [0.1, 0.15) is 43.9 Å². The zero-order chi connectivity index (χ0) is 14.3. The first kappa shape index (κ1) is 12.8. The molecular weight excluding hydrogens is 260 g/mol. The summed E-state index contributed by atoms with van der Waals surface area (Å²) in [6, 6.07) is 4.59. The minimum Gasteiger partial charge on any atom is -0.386 e. The Bertz CT molecular complexity index is 603. The molecular formula is C14H14N2O4. The Labute approximate surface area is 115 Å². The highest BCUT2D eigenvalue weighted by Gasteiger charge is 2.31. The summed E-state index contributed by atoms with van der Waals surface area (Å²) in [5.74, 6) is -1.50. The van der Waals surface area contributed by atoms with Gasteiger partial charge in [0.1, 0.15) is 0 Å². The average Bonchev–Trinajstić information content (AvgIpc) is 2.74. The Hall–Kier alpha value is -2.21. The van der Waals surface area contributed by atoms with Crippen LogP contribution in [0.4, 0.5) is 0 Å². The number of hydrogen-bond donors (Lipinski definition) is 1. The maximum Gasteiger partial charge on any atom is 0.346 e. The molecule has 0 atom stereocenters. The maximum absolute atomic E-state index is 12.3. The van der Waals surface area contributed by atoms with Gasteiger partial charge in [-0.3, -0.25) is 4.79 Å². The number of piperidine rings is 1. The first-order chi connectivity index (χ1) is 9.56. The van der Waals surface area contributed by atoms with Crippen molar-refractivity contribution < 1.29 is 19.1 Å². The van der Waals surface area contributed by atoms with E-state index >= 15 is 0 Å². The summed E-state index contributed by atoms with van der Waals surface area (Å²) in [7, 11) is 0. The molecule has 0 saturated carbocycles. The number of ether oxygens (including phenoxy) is 1. The largest absolute Gasteiger partial charge is 0.386 e. The summed E-state index contributed by atoms with van der Waals surface area (Å²) in [5.41, 5.74) is 6.58. The fourth-order valence-electron chi connectivity index (χ4n) is 2.50. The van der Waals surface area contributed by atoms with E-state index in [4.69, 9.17) is 5.73 Å². The molecule has 20 heavy (non-hydrogen) atoms. The molecule has 0 spiro atoms. The van der Waals surface area contributed by atoms with E-state index in [1.807, 2.05) is 0 Å². The lowest BCUT2D eigenvalue weighted by molar-refractivity contribution is 0.0443. The predicted octanol–water partition coefficient (Wildman–Crippen LogP) is 0.560. The number of benzene rings is 1. The van der Waals surface area contributed by atoms with E-state index in [0.29, 0.717) is 18.7 Å². The Morgan fingerprint density at radius 1 is 1.15 bits per heavy atom. The molecule has 2 N–H and O–H groups in total. The number of esters is 2. The normalized spacial score (nSPS) is 18.9. The van der Waals surface area contributed by atoms with Gasteiger partial charge < -0.3 is 15.4 Å². The van der Waals surface area contributed by atoms with Crippen molar-refractivity contribution in [1.82, 2.24) is 4.90 Å². The van der Waals surface area contributed by atoms with Gasteiger partial charge in [0.15, 0.2) is 0 Å². The fourth-order valence-corrected chi connectivity index (χ4v) is 2.50. The molecule has 104 valence electrons. The van der Waals surface area contributed by atoms with Crippen LogP contribution in [-0.4, -0.2) is 41.9 Å². The molecule has 0 radical (unpaired) electrons. The quantitative estimate of drug-likeness (QED) is 0.597. The highest BCUT2D eigenvalue weighted by Crippen LogP contribution is 2.22. The Balaban J connectivity index is 1.85. The van der Waals surface area contributed by atoms with Gasteiger partial charge in [0.2, 0.25) is 0 Å². The van der Waals surface area contributed by atoms with Crippen LogP contribution in [0.15, 0.2) is 18.2 Å². The Morgan fingerprint density at radius 3 is 2.50 bits per heavy atom. The van der Waals surface area contributed by atoms with Crippen LogP contribution >= 0.6 is 0 Å². The summed E-state index contributed by atoms with van der Waals surface area (Å²) in [4.78, 5) is 36.9. The predicted molar refractivity (Wildman–Crippen MR) is 69.3 cm³/mol.